The van der Waals surface area contributed by atoms with Crippen molar-refractivity contribution in [3.8, 4) is 0 Å². The summed E-state index contributed by atoms with van der Waals surface area (Å²) in [6.07, 6.45) is 0.342. The van der Waals surface area contributed by atoms with Gasteiger partial charge in [0.05, 0.1) is 24.0 Å². The van der Waals surface area contributed by atoms with Crippen molar-refractivity contribution in [1.29, 1.82) is 0 Å². The lowest BCUT2D eigenvalue weighted by Gasteiger charge is -2.44. The maximum Gasteiger partial charge on any atom is 0.227 e. The molecule has 0 aromatic heterocycles. The number of sulfone groups is 1. The highest BCUT2D eigenvalue weighted by Crippen LogP contribution is 2.28. The van der Waals surface area contributed by atoms with Gasteiger partial charge in [-0.25, -0.2) is 8.42 Å². The molecular weight excluding hydrogens is 324 g/mol. The van der Waals surface area contributed by atoms with Gasteiger partial charge in [-0.15, -0.1) is 0 Å². The molecule has 0 N–H and O–H groups in total. The zero-order valence-electron chi connectivity index (χ0n) is 14.4. The van der Waals surface area contributed by atoms with Gasteiger partial charge in [0.15, 0.2) is 9.84 Å². The molecule has 2 aliphatic heterocycles. The molecule has 132 valence electrons. The Labute approximate surface area is 144 Å². The van der Waals surface area contributed by atoms with Gasteiger partial charge in [0.1, 0.15) is 0 Å². The summed E-state index contributed by atoms with van der Waals surface area (Å²) < 4.78 is 24.4. The molecule has 1 aromatic rings. The van der Waals surface area contributed by atoms with E-state index in [2.05, 4.69) is 18.7 Å². The molecule has 2 saturated heterocycles. The van der Waals surface area contributed by atoms with Crippen LogP contribution in [-0.4, -0.2) is 67.3 Å². The highest BCUT2D eigenvalue weighted by molar-refractivity contribution is 7.91. The Balaban J connectivity index is 1.76. The van der Waals surface area contributed by atoms with E-state index >= 15 is 0 Å². The van der Waals surface area contributed by atoms with Crippen LogP contribution < -0.4 is 0 Å². The van der Waals surface area contributed by atoms with E-state index in [1.54, 1.807) is 0 Å². The van der Waals surface area contributed by atoms with Gasteiger partial charge in [0.2, 0.25) is 5.91 Å². The van der Waals surface area contributed by atoms with E-state index in [0.29, 0.717) is 18.9 Å². The molecule has 2 aliphatic rings. The molecule has 6 heteroatoms. The molecule has 0 spiro atoms. The van der Waals surface area contributed by atoms with Crippen molar-refractivity contribution in [2.24, 2.45) is 5.92 Å². The van der Waals surface area contributed by atoms with Crippen LogP contribution in [0.25, 0.3) is 0 Å². The first-order chi connectivity index (χ1) is 11.4. The molecule has 0 aliphatic carbocycles. The van der Waals surface area contributed by atoms with Gasteiger partial charge < -0.3 is 4.90 Å². The molecule has 2 atom stereocenters. The number of piperazine rings is 1. The fourth-order valence-corrected chi connectivity index (χ4v) is 5.91. The molecule has 24 heavy (non-hydrogen) atoms. The first-order valence-electron chi connectivity index (χ1n) is 8.63. The Morgan fingerprint density at radius 3 is 2.46 bits per heavy atom. The third kappa shape index (κ3) is 3.81. The molecule has 2 fully saturated rings. The van der Waals surface area contributed by atoms with Gasteiger partial charge >= 0.3 is 0 Å². The molecule has 0 bridgehead atoms. The lowest BCUT2D eigenvalue weighted by atomic mass is 10.0. The van der Waals surface area contributed by atoms with E-state index in [-0.39, 0.29) is 29.5 Å². The average molecular weight is 350 g/mol. The number of benzene rings is 1. The number of fused-ring (bicyclic) bond motifs is 1. The van der Waals surface area contributed by atoms with E-state index in [1.165, 1.54) is 0 Å². The van der Waals surface area contributed by atoms with Crippen molar-refractivity contribution in [2.75, 3.05) is 31.1 Å². The number of hydrogen-bond acceptors (Lipinski definition) is 4. The molecule has 2 heterocycles. The third-order valence-electron chi connectivity index (χ3n) is 4.91. The molecule has 3 rings (SSSR count). The number of carbonyl (C=O) groups excluding carboxylic acids is 1. The zero-order valence-corrected chi connectivity index (χ0v) is 15.2. The van der Waals surface area contributed by atoms with Crippen LogP contribution in [0.1, 0.15) is 19.4 Å². The summed E-state index contributed by atoms with van der Waals surface area (Å²) in [5.74, 6) is 0.810. The van der Waals surface area contributed by atoms with Crippen molar-refractivity contribution in [2.45, 2.75) is 32.4 Å². The topological polar surface area (TPSA) is 57.7 Å². The Bertz CT molecular complexity index is 687. The highest BCUT2D eigenvalue weighted by atomic mass is 32.2. The quantitative estimate of drug-likeness (QED) is 0.819. The SMILES string of the molecule is CC(C)CN1CCN(C(=O)Cc2ccccc2)C2CS(=O)(=O)CC21. The van der Waals surface area contributed by atoms with Crippen LogP contribution in [0, 0.1) is 5.92 Å². The average Bonchev–Trinajstić information content (AvgIpc) is 2.83. The summed E-state index contributed by atoms with van der Waals surface area (Å²) in [6.45, 7) is 6.55. The second kappa shape index (κ2) is 6.84. The maximum absolute atomic E-state index is 12.8. The minimum absolute atomic E-state index is 0.0393. The lowest BCUT2D eigenvalue weighted by molar-refractivity contribution is -0.136. The van der Waals surface area contributed by atoms with Crippen LogP contribution in [0.2, 0.25) is 0 Å². The predicted molar refractivity (Wildman–Crippen MR) is 94.5 cm³/mol. The fraction of sp³-hybridized carbons (Fsp3) is 0.611. The van der Waals surface area contributed by atoms with Gasteiger partial charge in [0.25, 0.3) is 0 Å². The van der Waals surface area contributed by atoms with Crippen molar-refractivity contribution in [3.05, 3.63) is 35.9 Å². The van der Waals surface area contributed by atoms with Gasteiger partial charge in [-0.3, -0.25) is 9.69 Å². The van der Waals surface area contributed by atoms with Crippen LogP contribution in [-0.2, 0) is 21.1 Å². The van der Waals surface area contributed by atoms with E-state index < -0.39 is 9.84 Å². The monoisotopic (exact) mass is 350 g/mol. The molecular formula is C18H26N2O3S. The molecule has 5 nitrogen and oxygen atoms in total. The summed E-state index contributed by atoms with van der Waals surface area (Å²) in [6, 6.07) is 9.41. The van der Waals surface area contributed by atoms with Crippen LogP contribution in [0.4, 0.5) is 0 Å². The van der Waals surface area contributed by atoms with Crippen LogP contribution in [0.15, 0.2) is 30.3 Å². The minimum Gasteiger partial charge on any atom is -0.336 e. The second-order valence-electron chi connectivity index (χ2n) is 7.35. The van der Waals surface area contributed by atoms with Crippen LogP contribution in [0.5, 0.6) is 0 Å². The Morgan fingerprint density at radius 1 is 1.12 bits per heavy atom. The van der Waals surface area contributed by atoms with Crippen molar-refractivity contribution >= 4 is 15.7 Å². The second-order valence-corrected chi connectivity index (χ2v) is 9.50. The lowest BCUT2D eigenvalue weighted by Crippen LogP contribution is -2.61. The minimum atomic E-state index is -3.07. The van der Waals surface area contributed by atoms with Gasteiger partial charge in [-0.2, -0.15) is 0 Å². The summed E-state index contributed by atoms with van der Waals surface area (Å²) in [4.78, 5) is 16.9. The number of hydrogen-bond donors (Lipinski definition) is 0. The highest BCUT2D eigenvalue weighted by Gasteiger charge is 2.47. The summed E-state index contributed by atoms with van der Waals surface area (Å²) in [5.41, 5.74) is 0.976. The van der Waals surface area contributed by atoms with E-state index in [9.17, 15) is 13.2 Å². The predicted octanol–water partition coefficient (Wildman–Crippen LogP) is 1.19. The van der Waals surface area contributed by atoms with Crippen LogP contribution >= 0.6 is 0 Å². The molecule has 2 unspecified atom stereocenters. The van der Waals surface area contributed by atoms with Gasteiger partial charge in [-0.1, -0.05) is 44.2 Å². The van der Waals surface area contributed by atoms with Crippen molar-refractivity contribution < 1.29 is 13.2 Å². The van der Waals surface area contributed by atoms with E-state index in [4.69, 9.17) is 0 Å². The van der Waals surface area contributed by atoms with E-state index in [0.717, 1.165) is 18.7 Å². The summed E-state index contributed by atoms with van der Waals surface area (Å²) in [7, 11) is -3.07. The first-order valence-corrected chi connectivity index (χ1v) is 10.5. The Hall–Kier alpha value is -1.40. The molecule has 1 amide bonds. The smallest absolute Gasteiger partial charge is 0.227 e. The van der Waals surface area contributed by atoms with E-state index in [1.807, 2.05) is 35.2 Å². The van der Waals surface area contributed by atoms with Gasteiger partial charge in [0, 0.05) is 25.7 Å². The Kier molecular flexibility index (Phi) is 4.97. The Morgan fingerprint density at radius 2 is 1.79 bits per heavy atom. The van der Waals surface area contributed by atoms with Gasteiger partial charge in [-0.05, 0) is 11.5 Å². The maximum atomic E-state index is 12.8. The number of carbonyl (C=O) groups is 1. The zero-order chi connectivity index (χ0) is 17.3. The standard InChI is InChI=1S/C18H26N2O3S/c1-14(2)11-19-8-9-20(17-13-24(22,23)12-16(17)19)18(21)10-15-6-4-3-5-7-15/h3-7,14,16-17H,8-13H2,1-2H3. The van der Waals surface area contributed by atoms with Crippen molar-refractivity contribution in [3.63, 3.8) is 0 Å². The van der Waals surface area contributed by atoms with Crippen molar-refractivity contribution in [1.82, 2.24) is 9.80 Å². The largest absolute Gasteiger partial charge is 0.336 e. The number of amides is 1. The molecule has 0 saturated carbocycles. The summed E-state index contributed by atoms with van der Waals surface area (Å²) >= 11 is 0. The number of rotatable bonds is 4. The molecule has 0 radical (unpaired) electrons. The molecule has 1 aromatic carbocycles. The van der Waals surface area contributed by atoms with Crippen LogP contribution in [0.3, 0.4) is 0 Å². The summed E-state index contributed by atoms with van der Waals surface area (Å²) in [5, 5.41) is 0. The number of nitrogens with zero attached hydrogens (tertiary/aromatic N) is 2. The third-order valence-corrected chi connectivity index (χ3v) is 6.61. The fourth-order valence-electron chi connectivity index (χ4n) is 3.90. The first kappa shape index (κ1) is 17.4. The normalized spacial score (nSPS) is 26.5.